The molecular weight excluding hydrogens is 282 g/mol. The van der Waals surface area contributed by atoms with Crippen LogP contribution in [0.4, 0.5) is 5.69 Å². The number of aliphatic imine (C=N–C) groups is 1. The minimum atomic E-state index is 0.900. The van der Waals surface area contributed by atoms with Crippen molar-refractivity contribution in [1.82, 2.24) is 0 Å². The van der Waals surface area contributed by atoms with Crippen LogP contribution in [0.25, 0.3) is 21.9 Å². The number of nitrogens with zero attached hydrogens (tertiary/aromatic N) is 1. The molecule has 0 saturated carbocycles. The quantitative estimate of drug-likeness (QED) is 0.432. The van der Waals surface area contributed by atoms with E-state index in [-0.39, 0.29) is 0 Å². The predicted octanol–water partition coefficient (Wildman–Crippen LogP) is 5.90. The molecule has 0 N–H and O–H groups in total. The van der Waals surface area contributed by atoms with Crippen LogP contribution in [0, 0.1) is 0 Å². The number of fused-ring (bicyclic) bond motifs is 3. The van der Waals surface area contributed by atoms with E-state index in [9.17, 15) is 0 Å². The molecule has 4 rings (SSSR count). The van der Waals surface area contributed by atoms with E-state index in [1.165, 1.54) is 5.56 Å². The van der Waals surface area contributed by atoms with Crippen molar-refractivity contribution in [2.45, 2.75) is 13.3 Å². The first kappa shape index (κ1) is 13.8. The van der Waals surface area contributed by atoms with Gasteiger partial charge in [-0.15, -0.1) is 0 Å². The minimum absolute atomic E-state index is 0.900. The standard InChI is InChI=1S/C21H17NO/c1-2-15-7-9-16(10-8-15)14-22-17-11-12-21-19(13-17)18-5-3-4-6-20(18)23-21/h3-14H,2H2,1H3. The fraction of sp³-hybridized carbons (Fsp3) is 0.0952. The Labute approximate surface area is 135 Å². The van der Waals surface area contributed by atoms with Crippen LogP contribution >= 0.6 is 0 Å². The molecule has 1 heterocycles. The van der Waals surface area contributed by atoms with Crippen molar-refractivity contribution in [3.05, 3.63) is 77.9 Å². The van der Waals surface area contributed by atoms with E-state index >= 15 is 0 Å². The lowest BCUT2D eigenvalue weighted by Gasteiger charge is -1.98. The van der Waals surface area contributed by atoms with Gasteiger partial charge in [0, 0.05) is 17.0 Å². The largest absolute Gasteiger partial charge is 0.456 e. The first-order valence-corrected chi connectivity index (χ1v) is 7.88. The first-order chi connectivity index (χ1) is 11.3. The molecule has 0 atom stereocenters. The summed E-state index contributed by atoms with van der Waals surface area (Å²) in [6.45, 7) is 2.16. The summed E-state index contributed by atoms with van der Waals surface area (Å²) >= 11 is 0. The molecule has 0 aliphatic carbocycles. The molecule has 112 valence electrons. The zero-order valence-electron chi connectivity index (χ0n) is 13.0. The molecule has 0 amide bonds. The fourth-order valence-corrected chi connectivity index (χ4v) is 2.78. The van der Waals surface area contributed by atoms with Crippen LogP contribution in [0.1, 0.15) is 18.1 Å². The van der Waals surface area contributed by atoms with E-state index in [0.717, 1.165) is 39.6 Å². The highest BCUT2D eigenvalue weighted by Gasteiger charge is 2.06. The Morgan fingerprint density at radius 1 is 0.870 bits per heavy atom. The van der Waals surface area contributed by atoms with Crippen molar-refractivity contribution in [2.75, 3.05) is 0 Å². The van der Waals surface area contributed by atoms with E-state index in [1.807, 2.05) is 36.5 Å². The molecule has 0 spiro atoms. The smallest absolute Gasteiger partial charge is 0.135 e. The van der Waals surface area contributed by atoms with Gasteiger partial charge in [0.05, 0.1) is 5.69 Å². The van der Waals surface area contributed by atoms with Crippen LogP contribution in [0.5, 0.6) is 0 Å². The lowest BCUT2D eigenvalue weighted by Crippen LogP contribution is -1.83. The summed E-state index contributed by atoms with van der Waals surface area (Å²) in [7, 11) is 0. The van der Waals surface area contributed by atoms with E-state index in [0.29, 0.717) is 0 Å². The molecule has 1 aromatic heterocycles. The average Bonchev–Trinajstić information content (AvgIpc) is 2.98. The third-order valence-corrected chi connectivity index (χ3v) is 4.11. The van der Waals surface area contributed by atoms with Crippen LogP contribution in [0.3, 0.4) is 0 Å². The highest BCUT2D eigenvalue weighted by atomic mass is 16.3. The normalized spacial score (nSPS) is 11.7. The average molecular weight is 299 g/mol. The maximum absolute atomic E-state index is 5.84. The summed E-state index contributed by atoms with van der Waals surface area (Å²) in [5.74, 6) is 0. The van der Waals surface area contributed by atoms with Crippen molar-refractivity contribution in [3.63, 3.8) is 0 Å². The molecule has 23 heavy (non-hydrogen) atoms. The second-order valence-corrected chi connectivity index (χ2v) is 5.63. The van der Waals surface area contributed by atoms with Crippen molar-refractivity contribution in [3.8, 4) is 0 Å². The minimum Gasteiger partial charge on any atom is -0.456 e. The molecule has 3 aromatic carbocycles. The molecule has 2 nitrogen and oxygen atoms in total. The molecule has 0 radical (unpaired) electrons. The lowest BCUT2D eigenvalue weighted by molar-refractivity contribution is 0.669. The molecule has 0 fully saturated rings. The van der Waals surface area contributed by atoms with Gasteiger partial charge in [-0.3, -0.25) is 4.99 Å². The highest BCUT2D eigenvalue weighted by molar-refractivity contribution is 6.05. The summed E-state index contributed by atoms with van der Waals surface area (Å²) < 4.78 is 5.84. The molecular formula is C21H17NO. The Hall–Kier alpha value is -2.87. The Bertz CT molecular complexity index is 993. The van der Waals surface area contributed by atoms with E-state index in [4.69, 9.17) is 4.42 Å². The summed E-state index contributed by atoms with van der Waals surface area (Å²) in [4.78, 5) is 4.60. The van der Waals surface area contributed by atoms with E-state index < -0.39 is 0 Å². The lowest BCUT2D eigenvalue weighted by atomic mass is 10.1. The number of rotatable bonds is 3. The van der Waals surface area contributed by atoms with Gasteiger partial charge in [0.25, 0.3) is 0 Å². The van der Waals surface area contributed by atoms with Gasteiger partial charge in [-0.25, -0.2) is 0 Å². The van der Waals surface area contributed by atoms with E-state index in [1.54, 1.807) is 0 Å². The Morgan fingerprint density at radius 2 is 1.65 bits per heavy atom. The third-order valence-electron chi connectivity index (χ3n) is 4.11. The van der Waals surface area contributed by atoms with Gasteiger partial charge in [-0.1, -0.05) is 49.4 Å². The predicted molar refractivity (Wildman–Crippen MR) is 96.8 cm³/mol. The molecule has 4 aromatic rings. The maximum Gasteiger partial charge on any atom is 0.135 e. The van der Waals surface area contributed by atoms with Crippen LogP contribution in [0.15, 0.2) is 76.1 Å². The SMILES string of the molecule is CCc1ccc(C=Nc2ccc3oc4ccccc4c3c2)cc1. The monoisotopic (exact) mass is 299 g/mol. The fourth-order valence-electron chi connectivity index (χ4n) is 2.78. The third kappa shape index (κ3) is 2.64. The zero-order chi connectivity index (χ0) is 15.6. The van der Waals surface area contributed by atoms with Gasteiger partial charge in [0.2, 0.25) is 0 Å². The molecule has 0 bridgehead atoms. The van der Waals surface area contributed by atoms with Gasteiger partial charge in [0.15, 0.2) is 0 Å². The number of furan rings is 1. The maximum atomic E-state index is 5.84. The van der Waals surface area contributed by atoms with Crippen molar-refractivity contribution < 1.29 is 4.42 Å². The van der Waals surface area contributed by atoms with Crippen LogP contribution < -0.4 is 0 Å². The van der Waals surface area contributed by atoms with E-state index in [2.05, 4.69) is 48.3 Å². The van der Waals surface area contributed by atoms with Crippen molar-refractivity contribution in [2.24, 2.45) is 4.99 Å². The van der Waals surface area contributed by atoms with Gasteiger partial charge in [0.1, 0.15) is 11.2 Å². The van der Waals surface area contributed by atoms with Crippen molar-refractivity contribution >= 4 is 33.8 Å². The van der Waals surface area contributed by atoms with Gasteiger partial charge in [-0.2, -0.15) is 0 Å². The Balaban J connectivity index is 1.70. The molecule has 0 aliphatic rings. The number of hydrogen-bond donors (Lipinski definition) is 0. The van der Waals surface area contributed by atoms with Crippen LogP contribution in [0.2, 0.25) is 0 Å². The second-order valence-electron chi connectivity index (χ2n) is 5.63. The molecule has 0 saturated heterocycles. The van der Waals surface area contributed by atoms with Gasteiger partial charge in [-0.05, 0) is 41.8 Å². The summed E-state index contributed by atoms with van der Waals surface area (Å²) in [5.41, 5.74) is 5.20. The number of para-hydroxylation sites is 1. The second kappa shape index (κ2) is 5.73. The summed E-state index contributed by atoms with van der Waals surface area (Å²) in [6.07, 6.45) is 2.96. The van der Waals surface area contributed by atoms with Crippen LogP contribution in [-0.2, 0) is 6.42 Å². The molecule has 2 heteroatoms. The first-order valence-electron chi connectivity index (χ1n) is 7.88. The molecule has 0 aliphatic heterocycles. The Kier molecular flexibility index (Phi) is 3.43. The number of hydrogen-bond acceptors (Lipinski definition) is 2. The topological polar surface area (TPSA) is 25.5 Å². The summed E-state index contributed by atoms with van der Waals surface area (Å²) in [5, 5.41) is 2.24. The van der Waals surface area contributed by atoms with Gasteiger partial charge >= 0.3 is 0 Å². The van der Waals surface area contributed by atoms with Crippen LogP contribution in [-0.4, -0.2) is 6.21 Å². The highest BCUT2D eigenvalue weighted by Crippen LogP contribution is 2.31. The summed E-state index contributed by atoms with van der Waals surface area (Å²) in [6, 6.07) is 22.7. The number of aryl methyl sites for hydroxylation is 1. The van der Waals surface area contributed by atoms with Crippen molar-refractivity contribution in [1.29, 1.82) is 0 Å². The number of benzene rings is 3. The van der Waals surface area contributed by atoms with Gasteiger partial charge < -0.3 is 4.42 Å². The molecule has 0 unspecified atom stereocenters. The zero-order valence-corrected chi connectivity index (χ0v) is 13.0. The Morgan fingerprint density at radius 3 is 2.48 bits per heavy atom.